The molecular weight excluding hydrogens is 223 g/mol. The molecule has 1 nitrogen and oxygen atoms in total. The Morgan fingerprint density at radius 1 is 1.55 bits per heavy atom. The first-order valence-electron chi connectivity index (χ1n) is 3.18. The number of Topliss-reactive ketones (excluding diaryl/α,β-unsaturated/α-hetero) is 1. The van der Waals surface area contributed by atoms with E-state index in [-0.39, 0.29) is 5.78 Å². The van der Waals surface area contributed by atoms with Crippen LogP contribution < -0.4 is 5.30 Å². The molecular formula is C8H8BrOP. The molecule has 0 N–H and O–H groups in total. The van der Waals surface area contributed by atoms with Crippen LogP contribution in [-0.2, 0) is 0 Å². The van der Waals surface area contributed by atoms with Gasteiger partial charge in [0, 0.05) is 5.56 Å². The third-order valence-electron chi connectivity index (χ3n) is 1.33. The number of hydrogen-bond acceptors (Lipinski definition) is 1. The van der Waals surface area contributed by atoms with Gasteiger partial charge in [-0.3, -0.25) is 4.79 Å². The van der Waals surface area contributed by atoms with Crippen molar-refractivity contribution in [1.29, 1.82) is 0 Å². The Hall–Kier alpha value is -0.200. The Balaban J connectivity index is 2.96. The molecule has 0 radical (unpaired) electrons. The molecule has 0 aliphatic heterocycles. The van der Waals surface area contributed by atoms with E-state index in [1.54, 1.807) is 0 Å². The second kappa shape index (κ2) is 3.99. The average molecular weight is 231 g/mol. The molecule has 0 saturated heterocycles. The third-order valence-corrected chi connectivity index (χ3v) is 2.20. The summed E-state index contributed by atoms with van der Waals surface area (Å²) in [5, 5.41) is 1.43. The molecule has 0 bridgehead atoms. The van der Waals surface area contributed by atoms with Gasteiger partial charge >= 0.3 is 0 Å². The van der Waals surface area contributed by atoms with E-state index in [4.69, 9.17) is 0 Å². The molecule has 1 aromatic carbocycles. The van der Waals surface area contributed by atoms with Crippen LogP contribution in [-0.4, -0.2) is 11.1 Å². The molecule has 0 amide bonds. The highest BCUT2D eigenvalue weighted by molar-refractivity contribution is 9.09. The van der Waals surface area contributed by atoms with Crippen LogP contribution in [0.1, 0.15) is 10.4 Å². The number of alkyl halides is 1. The van der Waals surface area contributed by atoms with E-state index >= 15 is 0 Å². The Kier molecular flexibility index (Phi) is 3.22. The maximum atomic E-state index is 11.1. The molecule has 0 aliphatic rings. The van der Waals surface area contributed by atoms with Crippen molar-refractivity contribution in [2.45, 2.75) is 0 Å². The number of halogens is 1. The maximum absolute atomic E-state index is 11.1. The Labute approximate surface area is 76.5 Å². The zero-order chi connectivity index (χ0) is 8.27. The van der Waals surface area contributed by atoms with Gasteiger partial charge in [-0.25, -0.2) is 0 Å². The van der Waals surface area contributed by atoms with E-state index in [9.17, 15) is 4.79 Å². The van der Waals surface area contributed by atoms with Gasteiger partial charge < -0.3 is 0 Å². The van der Waals surface area contributed by atoms with Crippen LogP contribution in [0.15, 0.2) is 24.3 Å². The summed E-state index contributed by atoms with van der Waals surface area (Å²) in [5.74, 6) is 0.120. The van der Waals surface area contributed by atoms with Gasteiger partial charge in [0.2, 0.25) is 0 Å². The van der Waals surface area contributed by atoms with Crippen LogP contribution >= 0.6 is 25.2 Å². The molecule has 0 saturated carbocycles. The summed E-state index contributed by atoms with van der Waals surface area (Å²) in [4.78, 5) is 11.1. The minimum Gasteiger partial charge on any atom is -0.293 e. The van der Waals surface area contributed by atoms with E-state index in [1.165, 1.54) is 0 Å². The molecule has 1 unspecified atom stereocenters. The van der Waals surface area contributed by atoms with Crippen molar-refractivity contribution in [1.82, 2.24) is 0 Å². The molecule has 3 heteroatoms. The fourth-order valence-corrected chi connectivity index (χ4v) is 1.40. The summed E-state index contributed by atoms with van der Waals surface area (Å²) < 4.78 is 0. The van der Waals surface area contributed by atoms with Gasteiger partial charge in [0.15, 0.2) is 5.78 Å². The van der Waals surface area contributed by atoms with Crippen LogP contribution in [0.2, 0.25) is 0 Å². The molecule has 58 valence electrons. The second-order valence-corrected chi connectivity index (χ2v) is 3.41. The quantitative estimate of drug-likeness (QED) is 0.430. The van der Waals surface area contributed by atoms with Crippen molar-refractivity contribution in [3.8, 4) is 0 Å². The highest BCUT2D eigenvalue weighted by atomic mass is 79.9. The largest absolute Gasteiger partial charge is 0.293 e. The monoisotopic (exact) mass is 230 g/mol. The first-order valence-corrected chi connectivity index (χ1v) is 4.88. The van der Waals surface area contributed by atoms with Crippen LogP contribution in [0.4, 0.5) is 0 Å². The van der Waals surface area contributed by atoms with Gasteiger partial charge in [0.05, 0.1) is 5.33 Å². The smallest absolute Gasteiger partial charge is 0.173 e. The summed E-state index contributed by atoms with van der Waals surface area (Å²) in [6.45, 7) is 0. The number of carbonyl (C=O) groups is 1. The number of carbonyl (C=O) groups excluding carboxylic acids is 1. The minimum absolute atomic E-state index is 0.120. The van der Waals surface area contributed by atoms with E-state index in [0.717, 1.165) is 10.9 Å². The molecule has 1 atom stereocenters. The lowest BCUT2D eigenvalue weighted by Gasteiger charge is -1.96. The second-order valence-electron chi connectivity index (χ2n) is 2.18. The Morgan fingerprint density at radius 3 is 2.82 bits per heavy atom. The lowest BCUT2D eigenvalue weighted by Crippen LogP contribution is -2.02. The number of benzene rings is 1. The Morgan fingerprint density at radius 2 is 2.27 bits per heavy atom. The van der Waals surface area contributed by atoms with Crippen LogP contribution in [0.3, 0.4) is 0 Å². The van der Waals surface area contributed by atoms with Gasteiger partial charge in [0.1, 0.15) is 0 Å². The average Bonchev–Trinajstić information content (AvgIpc) is 2.03. The van der Waals surface area contributed by atoms with Crippen LogP contribution in [0.25, 0.3) is 0 Å². The molecule has 1 rings (SSSR count). The van der Waals surface area contributed by atoms with Gasteiger partial charge in [-0.05, 0) is 11.4 Å². The van der Waals surface area contributed by atoms with Gasteiger partial charge in [0.25, 0.3) is 0 Å². The summed E-state index contributed by atoms with van der Waals surface area (Å²) in [5.41, 5.74) is 0.759. The first kappa shape index (κ1) is 8.89. The Bertz CT molecular complexity index is 273. The predicted molar refractivity (Wildman–Crippen MR) is 53.9 cm³/mol. The van der Waals surface area contributed by atoms with Gasteiger partial charge in [-0.15, -0.1) is 9.24 Å². The van der Waals surface area contributed by atoms with Crippen LogP contribution in [0.5, 0.6) is 0 Å². The van der Waals surface area contributed by atoms with Crippen molar-refractivity contribution >= 4 is 36.3 Å². The van der Waals surface area contributed by atoms with Gasteiger partial charge in [-0.1, -0.05) is 34.1 Å². The first-order chi connectivity index (χ1) is 5.24. The fourth-order valence-electron chi connectivity index (χ4n) is 0.789. The van der Waals surface area contributed by atoms with Crippen molar-refractivity contribution in [2.24, 2.45) is 0 Å². The molecule has 1 aromatic rings. The summed E-state index contributed by atoms with van der Waals surface area (Å²) >= 11 is 3.12. The van der Waals surface area contributed by atoms with E-state index in [2.05, 4.69) is 25.2 Å². The molecule has 0 aromatic heterocycles. The van der Waals surface area contributed by atoms with E-state index in [0.29, 0.717) is 5.33 Å². The maximum Gasteiger partial charge on any atom is 0.173 e. The fraction of sp³-hybridized carbons (Fsp3) is 0.125. The van der Waals surface area contributed by atoms with Crippen LogP contribution in [0, 0.1) is 0 Å². The summed E-state index contributed by atoms with van der Waals surface area (Å²) in [7, 11) is 2.56. The molecule has 0 spiro atoms. The zero-order valence-electron chi connectivity index (χ0n) is 5.88. The molecule has 0 aliphatic carbocycles. The van der Waals surface area contributed by atoms with Crippen molar-refractivity contribution in [3.63, 3.8) is 0 Å². The lowest BCUT2D eigenvalue weighted by atomic mass is 10.2. The highest BCUT2D eigenvalue weighted by Gasteiger charge is 2.01. The molecule has 0 fully saturated rings. The zero-order valence-corrected chi connectivity index (χ0v) is 8.62. The SMILES string of the molecule is O=C(CBr)c1cccc(P)c1. The van der Waals surface area contributed by atoms with Gasteiger partial charge in [-0.2, -0.15) is 0 Å². The lowest BCUT2D eigenvalue weighted by molar-refractivity contribution is 0.102. The predicted octanol–water partition coefficient (Wildman–Crippen LogP) is 1.76. The standard InChI is InChI=1S/C8H8BrOP/c9-5-8(10)6-2-1-3-7(11)4-6/h1-4H,5,11H2. The van der Waals surface area contributed by atoms with Crippen molar-refractivity contribution < 1.29 is 4.79 Å². The normalized spacial score (nSPS) is 9.64. The summed E-state index contributed by atoms with van der Waals surface area (Å²) in [6.07, 6.45) is 0. The van der Waals surface area contributed by atoms with Crippen molar-refractivity contribution in [2.75, 3.05) is 5.33 Å². The third kappa shape index (κ3) is 2.39. The molecule has 0 heterocycles. The number of ketones is 1. The topological polar surface area (TPSA) is 17.1 Å². The minimum atomic E-state index is 0.120. The van der Waals surface area contributed by atoms with Crippen molar-refractivity contribution in [3.05, 3.63) is 29.8 Å². The highest BCUT2D eigenvalue weighted by Crippen LogP contribution is 2.02. The van der Waals surface area contributed by atoms with E-state index in [1.807, 2.05) is 24.3 Å². The number of hydrogen-bond donors (Lipinski definition) is 0. The number of rotatable bonds is 2. The molecule has 11 heavy (non-hydrogen) atoms. The summed E-state index contributed by atoms with van der Waals surface area (Å²) in [6, 6.07) is 7.49. The van der Waals surface area contributed by atoms with E-state index < -0.39 is 0 Å².